The van der Waals surface area contributed by atoms with E-state index in [-0.39, 0.29) is 29.3 Å². The number of phenolic OH excluding ortho intramolecular Hbond substituents is 1. The number of nitrogens with one attached hydrogen (secondary N) is 1. The Balaban J connectivity index is 1.82. The molecule has 6 nitrogen and oxygen atoms in total. The Morgan fingerprint density at radius 2 is 1.81 bits per heavy atom. The van der Waals surface area contributed by atoms with Crippen LogP contribution in [0.1, 0.15) is 34.3 Å². The number of amides is 1. The minimum absolute atomic E-state index is 0.199. The lowest BCUT2D eigenvalue weighted by atomic mass is 10.1. The summed E-state index contributed by atoms with van der Waals surface area (Å²) < 4.78 is 10.2. The molecule has 0 heterocycles. The number of hydrogen-bond acceptors (Lipinski definition) is 5. The summed E-state index contributed by atoms with van der Waals surface area (Å²) in [5.41, 5.74) is 2.32. The summed E-state index contributed by atoms with van der Waals surface area (Å²) in [6, 6.07) is 7.88. The number of methoxy groups -OCH3 is 1. The second-order valence-corrected chi connectivity index (χ2v) is 6.47. The lowest BCUT2D eigenvalue weighted by Gasteiger charge is -2.11. The number of carbonyl (C=O) groups is 2. The van der Waals surface area contributed by atoms with Crippen LogP contribution in [0.3, 0.4) is 0 Å². The first-order valence-corrected chi connectivity index (χ1v) is 8.80. The number of benzene rings is 2. The molecule has 2 N–H and O–H groups in total. The average Bonchev–Trinajstić information content (AvgIpc) is 2.64. The highest BCUT2D eigenvalue weighted by molar-refractivity contribution is 6.32. The number of rotatable bonds is 7. The van der Waals surface area contributed by atoms with Gasteiger partial charge >= 0.3 is 5.97 Å². The van der Waals surface area contributed by atoms with Crippen molar-refractivity contribution in [1.29, 1.82) is 0 Å². The van der Waals surface area contributed by atoms with Gasteiger partial charge in [0.2, 0.25) is 5.91 Å². The normalized spacial score (nSPS) is 10.4. The molecule has 0 radical (unpaired) electrons. The number of esters is 1. The third-order valence-corrected chi connectivity index (χ3v) is 4.52. The fourth-order valence-corrected chi connectivity index (χ4v) is 2.62. The van der Waals surface area contributed by atoms with Crippen molar-refractivity contribution in [2.45, 2.75) is 26.7 Å². The SMILES string of the molecule is COC(=O)c1ccc(NC(=O)CCCOc2cc(C)c(Cl)c(C)c2)c(O)c1. The molecule has 2 rings (SSSR count). The van der Waals surface area contributed by atoms with Crippen LogP contribution < -0.4 is 10.1 Å². The number of phenols is 1. The molecule has 7 heteroatoms. The zero-order chi connectivity index (χ0) is 20.0. The van der Waals surface area contributed by atoms with Crippen LogP contribution >= 0.6 is 11.6 Å². The van der Waals surface area contributed by atoms with Gasteiger partial charge in [-0.3, -0.25) is 4.79 Å². The van der Waals surface area contributed by atoms with Crippen LogP contribution in [0.25, 0.3) is 0 Å². The molecule has 0 bridgehead atoms. The Hall–Kier alpha value is -2.73. The van der Waals surface area contributed by atoms with E-state index in [9.17, 15) is 14.7 Å². The largest absolute Gasteiger partial charge is 0.506 e. The van der Waals surface area contributed by atoms with Crippen LogP contribution in [0.2, 0.25) is 5.02 Å². The molecule has 0 aliphatic carbocycles. The topological polar surface area (TPSA) is 84.9 Å². The summed E-state index contributed by atoms with van der Waals surface area (Å²) >= 11 is 6.12. The predicted molar refractivity (Wildman–Crippen MR) is 104 cm³/mol. The number of anilines is 1. The van der Waals surface area contributed by atoms with Gasteiger partial charge in [-0.2, -0.15) is 0 Å². The molecule has 0 aliphatic heterocycles. The van der Waals surface area contributed by atoms with Crippen LogP contribution in [0, 0.1) is 13.8 Å². The Bertz CT molecular complexity index is 827. The molecule has 2 aromatic rings. The Morgan fingerprint density at radius 1 is 1.15 bits per heavy atom. The highest BCUT2D eigenvalue weighted by Crippen LogP contribution is 2.26. The second kappa shape index (κ2) is 9.28. The van der Waals surface area contributed by atoms with Gasteiger partial charge in [-0.1, -0.05) is 11.6 Å². The second-order valence-electron chi connectivity index (χ2n) is 6.09. The Morgan fingerprint density at radius 3 is 2.41 bits per heavy atom. The van der Waals surface area contributed by atoms with Crippen molar-refractivity contribution >= 4 is 29.2 Å². The third kappa shape index (κ3) is 5.62. The smallest absolute Gasteiger partial charge is 0.337 e. The van der Waals surface area contributed by atoms with E-state index in [1.54, 1.807) is 0 Å². The van der Waals surface area contributed by atoms with E-state index in [1.165, 1.54) is 25.3 Å². The van der Waals surface area contributed by atoms with Gasteiger partial charge in [-0.05, 0) is 61.7 Å². The first kappa shape index (κ1) is 20.6. The molecule has 0 saturated heterocycles. The van der Waals surface area contributed by atoms with Gasteiger partial charge in [0.25, 0.3) is 0 Å². The first-order valence-electron chi connectivity index (χ1n) is 8.42. The fraction of sp³-hybridized carbons (Fsp3) is 0.300. The van der Waals surface area contributed by atoms with Crippen molar-refractivity contribution < 1.29 is 24.2 Å². The van der Waals surface area contributed by atoms with Crippen LogP contribution in [-0.2, 0) is 9.53 Å². The first-order chi connectivity index (χ1) is 12.8. The maximum atomic E-state index is 12.0. The lowest BCUT2D eigenvalue weighted by Crippen LogP contribution is -2.13. The van der Waals surface area contributed by atoms with E-state index >= 15 is 0 Å². The minimum atomic E-state index is -0.562. The quantitative estimate of drug-likeness (QED) is 0.418. The number of ether oxygens (including phenoxy) is 2. The minimum Gasteiger partial charge on any atom is -0.506 e. The molecular formula is C20H22ClNO5. The predicted octanol–water partition coefficient (Wildman–Crippen LogP) is 4.25. The van der Waals surface area contributed by atoms with Gasteiger partial charge in [0.15, 0.2) is 0 Å². The van der Waals surface area contributed by atoms with E-state index in [0.717, 1.165) is 16.1 Å². The highest BCUT2D eigenvalue weighted by atomic mass is 35.5. The molecule has 1 amide bonds. The van der Waals surface area contributed by atoms with Crippen molar-refractivity contribution in [3.05, 3.63) is 52.0 Å². The molecule has 0 unspecified atom stereocenters. The number of halogens is 1. The summed E-state index contributed by atoms with van der Waals surface area (Å²) in [7, 11) is 1.25. The van der Waals surface area contributed by atoms with E-state index in [4.69, 9.17) is 16.3 Å². The van der Waals surface area contributed by atoms with Crippen molar-refractivity contribution in [3.63, 3.8) is 0 Å². The van der Waals surface area contributed by atoms with Gasteiger partial charge in [0.05, 0.1) is 25.0 Å². The zero-order valence-corrected chi connectivity index (χ0v) is 16.2. The molecule has 0 spiro atoms. The summed E-state index contributed by atoms with van der Waals surface area (Å²) in [4.78, 5) is 23.4. The molecule has 0 aromatic heterocycles. The molecule has 144 valence electrons. The van der Waals surface area contributed by atoms with Crippen molar-refractivity contribution in [3.8, 4) is 11.5 Å². The van der Waals surface area contributed by atoms with Crippen LogP contribution in [-0.4, -0.2) is 30.7 Å². The fourth-order valence-electron chi connectivity index (χ4n) is 2.51. The number of hydrogen-bond donors (Lipinski definition) is 2. The van der Waals surface area contributed by atoms with Crippen molar-refractivity contribution in [2.24, 2.45) is 0 Å². The molecule has 0 atom stereocenters. The van der Waals surface area contributed by atoms with Crippen molar-refractivity contribution in [1.82, 2.24) is 0 Å². The van der Waals surface area contributed by atoms with Crippen LogP contribution in [0.5, 0.6) is 11.5 Å². The Labute approximate surface area is 163 Å². The zero-order valence-electron chi connectivity index (χ0n) is 15.5. The summed E-state index contributed by atoms with van der Waals surface area (Å²) in [5, 5.41) is 13.2. The molecule has 0 aliphatic rings. The van der Waals surface area contributed by atoms with Crippen LogP contribution in [0.15, 0.2) is 30.3 Å². The average molecular weight is 392 g/mol. The number of aryl methyl sites for hydroxylation is 2. The van der Waals surface area contributed by atoms with E-state index in [0.29, 0.717) is 18.8 Å². The Kier molecular flexibility index (Phi) is 7.07. The van der Waals surface area contributed by atoms with Gasteiger partial charge in [-0.25, -0.2) is 4.79 Å². The maximum absolute atomic E-state index is 12.0. The van der Waals surface area contributed by atoms with E-state index < -0.39 is 5.97 Å². The standard InChI is InChI=1S/C20H22ClNO5/c1-12-9-15(10-13(2)19(12)21)27-8-4-5-18(24)22-16-7-6-14(11-17(16)23)20(25)26-3/h6-7,9-11,23H,4-5,8H2,1-3H3,(H,22,24). The summed E-state index contributed by atoms with van der Waals surface area (Å²) in [5.74, 6) is -0.309. The molecule has 0 fully saturated rings. The number of aromatic hydroxyl groups is 1. The third-order valence-electron chi connectivity index (χ3n) is 3.92. The number of carbonyl (C=O) groups excluding carboxylic acids is 2. The van der Waals surface area contributed by atoms with Crippen LogP contribution in [0.4, 0.5) is 5.69 Å². The van der Waals surface area contributed by atoms with E-state index in [1.807, 2.05) is 26.0 Å². The molecule has 27 heavy (non-hydrogen) atoms. The van der Waals surface area contributed by atoms with Gasteiger partial charge in [0, 0.05) is 11.4 Å². The summed E-state index contributed by atoms with van der Waals surface area (Å²) in [6.07, 6.45) is 0.733. The molecule has 2 aromatic carbocycles. The van der Waals surface area contributed by atoms with Gasteiger partial charge in [-0.15, -0.1) is 0 Å². The molecular weight excluding hydrogens is 370 g/mol. The van der Waals surface area contributed by atoms with Gasteiger partial charge < -0.3 is 19.9 Å². The lowest BCUT2D eigenvalue weighted by molar-refractivity contribution is -0.116. The van der Waals surface area contributed by atoms with E-state index in [2.05, 4.69) is 10.1 Å². The summed E-state index contributed by atoms with van der Waals surface area (Å²) in [6.45, 7) is 4.20. The van der Waals surface area contributed by atoms with Crippen molar-refractivity contribution in [2.75, 3.05) is 19.0 Å². The molecule has 0 saturated carbocycles. The monoisotopic (exact) mass is 391 g/mol. The maximum Gasteiger partial charge on any atom is 0.337 e. The van der Waals surface area contributed by atoms with Gasteiger partial charge in [0.1, 0.15) is 11.5 Å². The highest BCUT2D eigenvalue weighted by Gasteiger charge is 2.11.